The Balaban J connectivity index is 1.64. The highest BCUT2D eigenvalue weighted by Gasteiger charge is 2.30. The molecule has 0 N–H and O–H groups in total. The molecule has 2 aliphatic rings. The summed E-state index contributed by atoms with van der Waals surface area (Å²) in [6.45, 7) is 2.76. The van der Waals surface area contributed by atoms with Gasteiger partial charge in [0.2, 0.25) is 5.78 Å². The zero-order chi connectivity index (χ0) is 16.5. The van der Waals surface area contributed by atoms with Gasteiger partial charge in [-0.3, -0.25) is 4.79 Å². The van der Waals surface area contributed by atoms with E-state index >= 15 is 0 Å². The summed E-state index contributed by atoms with van der Waals surface area (Å²) < 4.78 is 5.79. The smallest absolute Gasteiger partial charge is 0.233 e. The molecule has 0 radical (unpaired) electrons. The number of piperazine rings is 1. The molecule has 0 saturated carbocycles. The number of fused-ring (bicyclic) bond motifs is 1. The van der Waals surface area contributed by atoms with Crippen molar-refractivity contribution < 1.29 is 9.53 Å². The van der Waals surface area contributed by atoms with E-state index in [1.54, 1.807) is 0 Å². The van der Waals surface area contributed by atoms with Crippen LogP contribution in [0.1, 0.15) is 22.0 Å². The van der Waals surface area contributed by atoms with Crippen molar-refractivity contribution in [1.82, 2.24) is 9.80 Å². The third kappa shape index (κ3) is 2.69. The van der Waals surface area contributed by atoms with Crippen molar-refractivity contribution in [2.24, 2.45) is 0 Å². The lowest BCUT2D eigenvalue weighted by atomic mass is 10.0. The second-order valence-corrected chi connectivity index (χ2v) is 6.35. The molecule has 1 atom stereocenters. The largest absolute Gasteiger partial charge is 0.451 e. The molecule has 4 rings (SSSR count). The number of benzene rings is 2. The highest BCUT2D eigenvalue weighted by molar-refractivity contribution is 6.12. The molecule has 122 valence electrons. The minimum absolute atomic E-state index is 0.0312. The number of ketones is 1. The topological polar surface area (TPSA) is 32.8 Å². The molecule has 1 unspecified atom stereocenters. The summed E-state index contributed by atoms with van der Waals surface area (Å²) >= 11 is 0. The van der Waals surface area contributed by atoms with Gasteiger partial charge in [-0.2, -0.15) is 0 Å². The molecule has 2 aromatic carbocycles. The summed E-state index contributed by atoms with van der Waals surface area (Å²) in [6, 6.07) is 18.1. The van der Waals surface area contributed by atoms with Crippen molar-refractivity contribution in [1.29, 1.82) is 0 Å². The van der Waals surface area contributed by atoms with Gasteiger partial charge in [-0.25, -0.2) is 0 Å². The van der Waals surface area contributed by atoms with Crippen molar-refractivity contribution in [3.8, 4) is 5.75 Å². The lowest BCUT2D eigenvalue weighted by Crippen LogP contribution is -2.44. The van der Waals surface area contributed by atoms with E-state index in [1.165, 1.54) is 5.56 Å². The van der Waals surface area contributed by atoms with Crippen LogP contribution in [0.3, 0.4) is 0 Å². The van der Waals surface area contributed by atoms with Crippen LogP contribution in [0.25, 0.3) is 0 Å². The second-order valence-electron chi connectivity index (χ2n) is 6.35. The van der Waals surface area contributed by atoms with Crippen LogP contribution in [0.5, 0.6) is 5.75 Å². The second kappa shape index (κ2) is 6.13. The maximum atomic E-state index is 12.5. The van der Waals surface area contributed by atoms with Crippen LogP contribution < -0.4 is 4.74 Å². The van der Waals surface area contributed by atoms with E-state index in [0.29, 0.717) is 17.1 Å². The predicted molar refractivity (Wildman–Crippen MR) is 92.9 cm³/mol. The predicted octanol–water partition coefficient (Wildman–Crippen LogP) is 3.09. The zero-order valence-corrected chi connectivity index (χ0v) is 13.7. The van der Waals surface area contributed by atoms with Gasteiger partial charge in [-0.1, -0.05) is 42.5 Å². The summed E-state index contributed by atoms with van der Waals surface area (Å²) in [5, 5.41) is 0. The fourth-order valence-electron chi connectivity index (χ4n) is 3.34. The Morgan fingerprint density at radius 3 is 2.58 bits per heavy atom. The van der Waals surface area contributed by atoms with Gasteiger partial charge in [-0.15, -0.1) is 0 Å². The van der Waals surface area contributed by atoms with Crippen LogP contribution in [0.15, 0.2) is 66.6 Å². The van der Waals surface area contributed by atoms with Crippen LogP contribution in [0, 0.1) is 0 Å². The molecule has 4 heteroatoms. The molecule has 0 aromatic heterocycles. The number of hydrogen-bond acceptors (Lipinski definition) is 4. The third-order valence-corrected chi connectivity index (χ3v) is 4.67. The van der Waals surface area contributed by atoms with Crippen molar-refractivity contribution in [3.63, 3.8) is 0 Å². The Bertz CT molecular complexity index is 785. The first-order valence-corrected chi connectivity index (χ1v) is 8.25. The van der Waals surface area contributed by atoms with Gasteiger partial charge in [0.25, 0.3) is 0 Å². The van der Waals surface area contributed by atoms with Gasteiger partial charge >= 0.3 is 0 Å². The number of Topliss-reactive ketones (excluding diaryl/α,β-unsaturated/α-hetero) is 1. The first-order valence-electron chi connectivity index (χ1n) is 8.25. The molecule has 4 nitrogen and oxygen atoms in total. The van der Waals surface area contributed by atoms with E-state index in [4.69, 9.17) is 4.74 Å². The number of nitrogens with zero attached hydrogens (tertiary/aromatic N) is 2. The Kier molecular flexibility index (Phi) is 3.82. The highest BCUT2D eigenvalue weighted by Crippen LogP contribution is 2.32. The number of allylic oxidation sites excluding steroid dienone is 1. The minimum atomic E-state index is -0.0312. The van der Waals surface area contributed by atoms with Crippen LogP contribution in [-0.4, -0.2) is 42.3 Å². The van der Waals surface area contributed by atoms with Crippen LogP contribution >= 0.6 is 0 Å². The van der Waals surface area contributed by atoms with Gasteiger partial charge < -0.3 is 14.5 Å². The van der Waals surface area contributed by atoms with Crippen molar-refractivity contribution in [2.75, 3.05) is 26.7 Å². The van der Waals surface area contributed by atoms with Gasteiger partial charge in [0, 0.05) is 25.8 Å². The number of carbonyl (C=O) groups excluding carboxylic acids is 1. The monoisotopic (exact) mass is 320 g/mol. The van der Waals surface area contributed by atoms with Crippen molar-refractivity contribution in [2.45, 2.75) is 6.04 Å². The number of hydrogen-bond donors (Lipinski definition) is 0. The Morgan fingerprint density at radius 2 is 1.79 bits per heavy atom. The van der Waals surface area contributed by atoms with Crippen molar-refractivity contribution >= 4 is 5.78 Å². The summed E-state index contributed by atoms with van der Waals surface area (Å²) in [5.74, 6) is 1.04. The fourth-order valence-corrected chi connectivity index (χ4v) is 3.34. The lowest BCUT2D eigenvalue weighted by Gasteiger charge is -2.39. The summed E-state index contributed by atoms with van der Waals surface area (Å²) in [4.78, 5) is 17.1. The molecule has 0 aliphatic carbocycles. The van der Waals surface area contributed by atoms with E-state index < -0.39 is 0 Å². The van der Waals surface area contributed by atoms with Gasteiger partial charge in [0.05, 0.1) is 11.6 Å². The third-order valence-electron chi connectivity index (χ3n) is 4.67. The Hall–Kier alpha value is -2.59. The average molecular weight is 320 g/mol. The highest BCUT2D eigenvalue weighted by atomic mass is 16.5. The first kappa shape index (κ1) is 15.0. The van der Waals surface area contributed by atoms with E-state index in [1.807, 2.05) is 36.5 Å². The number of para-hydroxylation sites is 1. The summed E-state index contributed by atoms with van der Waals surface area (Å²) in [5.41, 5.74) is 1.90. The summed E-state index contributed by atoms with van der Waals surface area (Å²) in [7, 11) is 2.13. The Labute approximate surface area is 142 Å². The van der Waals surface area contributed by atoms with Crippen LogP contribution in [0.4, 0.5) is 0 Å². The molecule has 0 amide bonds. The molecule has 2 aromatic rings. The zero-order valence-electron chi connectivity index (χ0n) is 13.7. The van der Waals surface area contributed by atoms with E-state index in [2.05, 4.69) is 41.1 Å². The molecule has 1 saturated heterocycles. The molecular formula is C20H20N2O2. The van der Waals surface area contributed by atoms with E-state index in [-0.39, 0.29) is 11.8 Å². The minimum Gasteiger partial charge on any atom is -0.451 e. The molecule has 0 bridgehead atoms. The van der Waals surface area contributed by atoms with Gasteiger partial charge in [0.15, 0.2) is 5.76 Å². The maximum absolute atomic E-state index is 12.5. The summed E-state index contributed by atoms with van der Waals surface area (Å²) in [6.07, 6.45) is 1.90. The van der Waals surface area contributed by atoms with Gasteiger partial charge in [0.1, 0.15) is 5.75 Å². The normalized spacial score (nSPS) is 22.5. The Morgan fingerprint density at radius 1 is 1.04 bits per heavy atom. The quantitative estimate of drug-likeness (QED) is 0.796. The molecule has 0 spiro atoms. The van der Waals surface area contributed by atoms with Crippen LogP contribution in [-0.2, 0) is 0 Å². The maximum Gasteiger partial charge on any atom is 0.233 e. The standard InChI is InChI=1S/C20H20N2O2/c1-21-11-12-22(17(13-21)15-7-3-2-4-8-15)14-19-20(23)16-9-5-6-10-18(16)24-19/h2-10,14,17H,11-13H2,1H3/b19-14-. The molecular weight excluding hydrogens is 300 g/mol. The number of rotatable bonds is 2. The SMILES string of the molecule is CN1CCN(/C=C2\Oc3ccccc3C2=O)C(c2ccccc2)C1. The van der Waals surface area contributed by atoms with E-state index in [0.717, 1.165) is 19.6 Å². The van der Waals surface area contributed by atoms with Crippen LogP contribution in [0.2, 0.25) is 0 Å². The number of likely N-dealkylation sites (N-methyl/N-ethyl adjacent to an activating group) is 1. The first-order chi connectivity index (χ1) is 11.7. The van der Waals surface area contributed by atoms with E-state index in [9.17, 15) is 4.79 Å². The number of ether oxygens (including phenoxy) is 1. The average Bonchev–Trinajstić information content (AvgIpc) is 2.93. The van der Waals surface area contributed by atoms with Crippen molar-refractivity contribution in [3.05, 3.63) is 77.7 Å². The molecule has 2 aliphatic heterocycles. The molecule has 2 heterocycles. The fraction of sp³-hybridized carbons (Fsp3) is 0.250. The lowest BCUT2D eigenvalue weighted by molar-refractivity contribution is 0.0992. The molecule has 1 fully saturated rings. The molecule has 24 heavy (non-hydrogen) atoms. The van der Waals surface area contributed by atoms with Gasteiger partial charge in [-0.05, 0) is 24.7 Å². The number of carbonyl (C=O) groups is 1.